The van der Waals surface area contributed by atoms with Crippen molar-refractivity contribution in [2.24, 2.45) is 0 Å². The van der Waals surface area contributed by atoms with E-state index in [1.165, 1.54) is 0 Å². The summed E-state index contributed by atoms with van der Waals surface area (Å²) in [7, 11) is 5.27. The summed E-state index contributed by atoms with van der Waals surface area (Å²) in [5.74, 6) is 2.71. The third kappa shape index (κ3) is 3.77. The van der Waals surface area contributed by atoms with Crippen molar-refractivity contribution in [1.82, 2.24) is 4.90 Å². The third-order valence-electron chi connectivity index (χ3n) is 3.13. The minimum atomic E-state index is 0.331. The van der Waals surface area contributed by atoms with Gasteiger partial charge in [-0.05, 0) is 37.4 Å². The molecule has 0 radical (unpaired) electrons. The van der Waals surface area contributed by atoms with Gasteiger partial charge in [-0.3, -0.25) is 4.90 Å². The summed E-state index contributed by atoms with van der Waals surface area (Å²) in [5, 5.41) is 8.76. The van der Waals surface area contributed by atoms with Crippen LogP contribution in [0.3, 0.4) is 0 Å². The Morgan fingerprint density at radius 2 is 1.95 bits per heavy atom. The molecule has 0 saturated heterocycles. The summed E-state index contributed by atoms with van der Waals surface area (Å²) in [4.78, 5) is 2.08. The highest BCUT2D eigenvalue weighted by Gasteiger charge is 2.10. The minimum absolute atomic E-state index is 0.331. The van der Waals surface area contributed by atoms with Crippen LogP contribution in [0.1, 0.15) is 17.1 Å². The molecule has 21 heavy (non-hydrogen) atoms. The number of furan rings is 1. The van der Waals surface area contributed by atoms with E-state index in [2.05, 4.69) is 4.90 Å². The van der Waals surface area contributed by atoms with Crippen LogP contribution in [0.25, 0.3) is 0 Å². The van der Waals surface area contributed by atoms with Gasteiger partial charge in [-0.15, -0.1) is 0 Å². The monoisotopic (exact) mass is 286 g/mol. The van der Waals surface area contributed by atoms with E-state index in [1.54, 1.807) is 20.3 Å². The highest BCUT2D eigenvalue weighted by atomic mass is 16.5. The molecular formula is C16H18N2O3. The Hall–Kier alpha value is -2.45. The molecule has 0 atom stereocenters. The zero-order valence-corrected chi connectivity index (χ0v) is 12.4. The van der Waals surface area contributed by atoms with Gasteiger partial charge in [0.05, 0.1) is 20.8 Å². The fourth-order valence-corrected chi connectivity index (χ4v) is 2.14. The maximum Gasteiger partial charge on any atom is 0.203 e. The zero-order chi connectivity index (χ0) is 15.2. The normalized spacial score (nSPS) is 10.4. The maximum atomic E-state index is 8.76. The number of hydrogen-bond acceptors (Lipinski definition) is 5. The first-order valence-corrected chi connectivity index (χ1v) is 6.54. The molecular weight excluding hydrogens is 268 g/mol. The topological polar surface area (TPSA) is 58.6 Å². The molecule has 110 valence electrons. The predicted octanol–water partition coefficient (Wildman–Crippen LogP) is 2.80. The Kier molecular flexibility index (Phi) is 4.85. The lowest BCUT2D eigenvalue weighted by Crippen LogP contribution is -2.17. The van der Waals surface area contributed by atoms with Gasteiger partial charge in [0.2, 0.25) is 5.76 Å². The van der Waals surface area contributed by atoms with Gasteiger partial charge in [0, 0.05) is 12.1 Å². The number of rotatable bonds is 6. The summed E-state index contributed by atoms with van der Waals surface area (Å²) in [6, 6.07) is 11.2. The molecule has 1 aromatic heterocycles. The quantitative estimate of drug-likeness (QED) is 0.817. The second-order valence-electron chi connectivity index (χ2n) is 4.73. The van der Waals surface area contributed by atoms with Crippen LogP contribution in [0.4, 0.5) is 0 Å². The van der Waals surface area contributed by atoms with Crippen LogP contribution in [0.2, 0.25) is 0 Å². The summed E-state index contributed by atoms with van der Waals surface area (Å²) in [5.41, 5.74) is 1.03. The number of hydrogen-bond donors (Lipinski definition) is 0. The van der Waals surface area contributed by atoms with Gasteiger partial charge < -0.3 is 13.9 Å². The molecule has 0 aliphatic carbocycles. The molecule has 0 aliphatic rings. The van der Waals surface area contributed by atoms with Gasteiger partial charge in [-0.25, -0.2) is 0 Å². The van der Waals surface area contributed by atoms with Crippen LogP contribution < -0.4 is 9.47 Å². The molecule has 0 aliphatic heterocycles. The second-order valence-corrected chi connectivity index (χ2v) is 4.73. The number of nitriles is 1. The molecule has 5 nitrogen and oxygen atoms in total. The number of nitrogens with zero attached hydrogens (tertiary/aromatic N) is 2. The molecule has 0 bridgehead atoms. The van der Waals surface area contributed by atoms with Gasteiger partial charge in [-0.2, -0.15) is 5.26 Å². The first-order chi connectivity index (χ1) is 10.2. The van der Waals surface area contributed by atoms with Crippen molar-refractivity contribution in [3.8, 4) is 17.6 Å². The van der Waals surface area contributed by atoms with Gasteiger partial charge in [-0.1, -0.05) is 0 Å². The lowest BCUT2D eigenvalue weighted by atomic mass is 10.1. The SMILES string of the molecule is COc1ccc(OC)c(CN(C)Cc2ccc(C#N)o2)c1. The zero-order valence-electron chi connectivity index (χ0n) is 12.4. The summed E-state index contributed by atoms with van der Waals surface area (Å²) < 4.78 is 16.0. The largest absolute Gasteiger partial charge is 0.497 e. The van der Waals surface area contributed by atoms with Crippen molar-refractivity contribution >= 4 is 0 Å². The van der Waals surface area contributed by atoms with Crippen molar-refractivity contribution in [2.45, 2.75) is 13.1 Å². The summed E-state index contributed by atoms with van der Waals surface area (Å²) in [6.07, 6.45) is 0. The highest BCUT2D eigenvalue weighted by Crippen LogP contribution is 2.25. The minimum Gasteiger partial charge on any atom is -0.497 e. The fraction of sp³-hybridized carbons (Fsp3) is 0.312. The molecule has 2 aromatic rings. The van der Waals surface area contributed by atoms with Crippen molar-refractivity contribution < 1.29 is 13.9 Å². The smallest absolute Gasteiger partial charge is 0.203 e. The van der Waals surface area contributed by atoms with Crippen LogP contribution in [0, 0.1) is 11.3 Å². The van der Waals surface area contributed by atoms with E-state index in [9.17, 15) is 0 Å². The molecule has 0 unspecified atom stereocenters. The van der Waals surface area contributed by atoms with Crippen LogP contribution in [0.5, 0.6) is 11.5 Å². The number of benzene rings is 1. The third-order valence-corrected chi connectivity index (χ3v) is 3.13. The molecule has 0 saturated carbocycles. The molecule has 2 rings (SSSR count). The Bertz CT molecular complexity index is 643. The first-order valence-electron chi connectivity index (χ1n) is 6.54. The summed E-state index contributed by atoms with van der Waals surface area (Å²) >= 11 is 0. The van der Waals surface area contributed by atoms with Crippen LogP contribution in [-0.2, 0) is 13.1 Å². The van der Waals surface area contributed by atoms with Gasteiger partial charge in [0.1, 0.15) is 23.3 Å². The lowest BCUT2D eigenvalue weighted by Gasteiger charge is -2.18. The van der Waals surface area contributed by atoms with Gasteiger partial charge in [0.15, 0.2) is 0 Å². The summed E-state index contributed by atoms with van der Waals surface area (Å²) in [6.45, 7) is 1.30. The van der Waals surface area contributed by atoms with Crippen molar-refractivity contribution in [3.05, 3.63) is 47.4 Å². The molecule has 1 aromatic carbocycles. The Labute approximate surface area is 124 Å². The standard InChI is InChI=1S/C16H18N2O3/c1-18(11-15-5-4-14(9-17)21-15)10-12-8-13(19-2)6-7-16(12)20-3/h4-8H,10-11H2,1-3H3. The van der Waals surface area contributed by atoms with Crippen LogP contribution in [0.15, 0.2) is 34.7 Å². The number of ether oxygens (including phenoxy) is 2. The van der Waals surface area contributed by atoms with Crippen LogP contribution in [-0.4, -0.2) is 26.2 Å². The molecule has 0 amide bonds. The molecule has 1 heterocycles. The molecule has 0 N–H and O–H groups in total. The van der Waals surface area contributed by atoms with E-state index in [4.69, 9.17) is 19.2 Å². The Morgan fingerprint density at radius 3 is 2.57 bits per heavy atom. The molecule has 0 spiro atoms. The first kappa shape index (κ1) is 14.9. The maximum absolute atomic E-state index is 8.76. The highest BCUT2D eigenvalue weighted by molar-refractivity contribution is 5.40. The van der Waals surface area contributed by atoms with Gasteiger partial charge in [0.25, 0.3) is 0 Å². The predicted molar refractivity (Wildman–Crippen MR) is 78.1 cm³/mol. The Morgan fingerprint density at radius 1 is 1.14 bits per heavy atom. The van der Waals surface area contributed by atoms with E-state index in [0.717, 1.165) is 22.8 Å². The van der Waals surface area contributed by atoms with Crippen molar-refractivity contribution in [2.75, 3.05) is 21.3 Å². The van der Waals surface area contributed by atoms with E-state index in [-0.39, 0.29) is 0 Å². The van der Waals surface area contributed by atoms with Gasteiger partial charge >= 0.3 is 0 Å². The average Bonchev–Trinajstić information content (AvgIpc) is 2.94. The molecule has 0 fully saturated rings. The Balaban J connectivity index is 2.08. The van der Waals surface area contributed by atoms with E-state index < -0.39 is 0 Å². The van der Waals surface area contributed by atoms with E-state index in [0.29, 0.717) is 18.8 Å². The number of methoxy groups -OCH3 is 2. The van der Waals surface area contributed by atoms with E-state index >= 15 is 0 Å². The van der Waals surface area contributed by atoms with E-state index in [1.807, 2.05) is 37.4 Å². The van der Waals surface area contributed by atoms with Crippen molar-refractivity contribution in [3.63, 3.8) is 0 Å². The lowest BCUT2D eigenvalue weighted by molar-refractivity contribution is 0.280. The van der Waals surface area contributed by atoms with Crippen LogP contribution >= 0.6 is 0 Å². The second kappa shape index (κ2) is 6.82. The van der Waals surface area contributed by atoms with Crippen molar-refractivity contribution in [1.29, 1.82) is 5.26 Å². The fourth-order valence-electron chi connectivity index (χ4n) is 2.14. The average molecular weight is 286 g/mol. The molecule has 5 heteroatoms.